The molecule has 0 aliphatic heterocycles. The maximum Gasteiger partial charge on any atom is 0.313 e. The van der Waals surface area contributed by atoms with Crippen molar-refractivity contribution < 1.29 is 9.09 Å². The van der Waals surface area contributed by atoms with Gasteiger partial charge >= 0.3 is 5.77 Å². The fraction of sp³-hybridized carbons (Fsp3) is 1.00. The maximum atomic E-state index is 13.8. The molecule has 0 radical (unpaired) electrons. The van der Waals surface area contributed by atoms with E-state index in [4.69, 9.17) is 4.52 Å². The summed E-state index contributed by atoms with van der Waals surface area (Å²) in [6, 6.07) is 0. The minimum Gasteiger partial charge on any atom is -0.313 e. The summed E-state index contributed by atoms with van der Waals surface area (Å²) in [6.07, 6.45) is 19.4. The highest BCUT2D eigenvalue weighted by Gasteiger charge is 2.27. The first kappa shape index (κ1) is 32.9. The van der Waals surface area contributed by atoms with Gasteiger partial charge in [-0.2, -0.15) is 0 Å². The molecule has 0 aromatic rings. The van der Waals surface area contributed by atoms with Crippen molar-refractivity contribution in [2.75, 3.05) is 18.1 Å². The molecule has 0 rings (SSSR count). The minimum absolute atomic E-state index is 0.499. The standard InChI is InChI=1S/C27H57O2PS2/c1-7-10-13-16-19-25(4)22-29-30(28,31-23-26(5)20-17-14-11-8-2)32-24-27(6)21-18-15-12-9-3/h25-27H,7-24H2,1-6H3. The van der Waals surface area contributed by atoms with Gasteiger partial charge in [0, 0.05) is 11.5 Å². The second kappa shape index (κ2) is 22.4. The molecule has 194 valence electrons. The maximum absolute atomic E-state index is 13.8. The van der Waals surface area contributed by atoms with E-state index in [0.29, 0.717) is 24.4 Å². The second-order valence-electron chi connectivity index (χ2n) is 10.2. The second-order valence-corrected chi connectivity index (χ2v) is 17.7. The zero-order valence-corrected chi connectivity index (χ0v) is 25.1. The van der Waals surface area contributed by atoms with Crippen molar-refractivity contribution in [1.82, 2.24) is 0 Å². The van der Waals surface area contributed by atoms with Gasteiger partial charge in [0.25, 0.3) is 0 Å². The molecule has 3 unspecified atom stereocenters. The highest BCUT2D eigenvalue weighted by molar-refractivity contribution is 8.89. The van der Waals surface area contributed by atoms with Gasteiger partial charge in [0.2, 0.25) is 0 Å². The first-order valence-electron chi connectivity index (χ1n) is 13.9. The summed E-state index contributed by atoms with van der Waals surface area (Å²) < 4.78 is 20.0. The fourth-order valence-electron chi connectivity index (χ4n) is 3.78. The normalized spacial score (nSPS) is 16.6. The predicted molar refractivity (Wildman–Crippen MR) is 152 cm³/mol. The molecule has 0 spiro atoms. The first-order chi connectivity index (χ1) is 15.4. The molecule has 2 nitrogen and oxygen atoms in total. The Labute approximate surface area is 210 Å². The zero-order valence-electron chi connectivity index (χ0n) is 22.5. The van der Waals surface area contributed by atoms with Gasteiger partial charge in [-0.1, -0.05) is 141 Å². The Morgan fingerprint density at radius 1 is 0.594 bits per heavy atom. The van der Waals surface area contributed by atoms with E-state index in [0.717, 1.165) is 11.5 Å². The molecular weight excluding hydrogens is 451 g/mol. The Balaban J connectivity index is 4.55. The van der Waals surface area contributed by atoms with E-state index < -0.39 is 5.77 Å². The third-order valence-electron chi connectivity index (χ3n) is 6.20. The average molecular weight is 509 g/mol. The smallest absolute Gasteiger partial charge is 0.313 e. The van der Waals surface area contributed by atoms with Crippen molar-refractivity contribution in [3.63, 3.8) is 0 Å². The molecule has 5 heteroatoms. The van der Waals surface area contributed by atoms with Crippen molar-refractivity contribution in [3.8, 4) is 0 Å². The molecule has 3 atom stereocenters. The SMILES string of the molecule is CCCCCCC(C)COP(=O)(SCC(C)CCCCCC)SCC(C)CCCCCC. The summed E-state index contributed by atoms with van der Waals surface area (Å²) in [5.74, 6) is 0.982. The Kier molecular flexibility index (Phi) is 23.0. The lowest BCUT2D eigenvalue weighted by atomic mass is 10.0. The van der Waals surface area contributed by atoms with Crippen LogP contribution in [-0.2, 0) is 9.09 Å². The van der Waals surface area contributed by atoms with Gasteiger partial charge in [0.05, 0.1) is 6.61 Å². The minimum atomic E-state index is -2.68. The summed E-state index contributed by atoms with van der Waals surface area (Å²) in [4.78, 5) is 0. The van der Waals surface area contributed by atoms with Crippen LogP contribution < -0.4 is 0 Å². The molecular formula is C27H57O2PS2. The highest BCUT2D eigenvalue weighted by atomic mass is 33.1. The molecule has 0 aliphatic rings. The number of rotatable bonds is 24. The summed E-state index contributed by atoms with van der Waals surface area (Å²) in [5, 5.41) is 0. The molecule has 0 amide bonds. The van der Waals surface area contributed by atoms with Crippen molar-refractivity contribution in [3.05, 3.63) is 0 Å². The van der Waals surface area contributed by atoms with Crippen LogP contribution in [0, 0.1) is 17.8 Å². The van der Waals surface area contributed by atoms with E-state index in [1.54, 1.807) is 22.8 Å². The molecule has 0 saturated heterocycles. The molecule has 0 heterocycles. The predicted octanol–water partition coefficient (Wildman–Crippen LogP) is 11.4. The lowest BCUT2D eigenvalue weighted by molar-refractivity contribution is 0.263. The van der Waals surface area contributed by atoms with Gasteiger partial charge in [-0.25, -0.2) is 0 Å². The van der Waals surface area contributed by atoms with Crippen LogP contribution in [0.2, 0.25) is 0 Å². The van der Waals surface area contributed by atoms with Crippen LogP contribution in [0.1, 0.15) is 138 Å². The van der Waals surface area contributed by atoms with Crippen LogP contribution in [0.4, 0.5) is 0 Å². The topological polar surface area (TPSA) is 26.3 Å². The zero-order chi connectivity index (χ0) is 24.1. The lowest BCUT2D eigenvalue weighted by Gasteiger charge is -2.22. The number of hydrogen-bond acceptors (Lipinski definition) is 4. The quantitative estimate of drug-likeness (QED) is 0.0956. The van der Waals surface area contributed by atoms with E-state index in [2.05, 4.69) is 41.5 Å². The van der Waals surface area contributed by atoms with Crippen LogP contribution in [0.25, 0.3) is 0 Å². The molecule has 0 saturated carbocycles. The Morgan fingerprint density at radius 2 is 0.969 bits per heavy atom. The van der Waals surface area contributed by atoms with Crippen molar-refractivity contribution in [1.29, 1.82) is 0 Å². The summed E-state index contributed by atoms with van der Waals surface area (Å²) in [7, 11) is 0. The van der Waals surface area contributed by atoms with E-state index in [1.807, 2.05) is 0 Å². The molecule has 0 N–H and O–H groups in total. The summed E-state index contributed by atoms with van der Waals surface area (Å²) in [5.41, 5.74) is 0. The largest absolute Gasteiger partial charge is 0.313 e. The fourth-order valence-corrected chi connectivity index (χ4v) is 11.1. The van der Waals surface area contributed by atoms with Gasteiger partial charge in [0.1, 0.15) is 0 Å². The number of unbranched alkanes of at least 4 members (excludes halogenated alkanes) is 9. The summed E-state index contributed by atoms with van der Waals surface area (Å²) in [6.45, 7) is 14.3. The van der Waals surface area contributed by atoms with E-state index in [1.165, 1.54) is 96.3 Å². The lowest BCUT2D eigenvalue weighted by Crippen LogP contribution is -2.06. The first-order valence-corrected chi connectivity index (χ1v) is 18.7. The van der Waals surface area contributed by atoms with Gasteiger partial charge in [-0.3, -0.25) is 4.57 Å². The average Bonchev–Trinajstić information content (AvgIpc) is 2.78. The Hall–Kier alpha value is 0.890. The Morgan fingerprint density at radius 3 is 1.34 bits per heavy atom. The van der Waals surface area contributed by atoms with E-state index in [9.17, 15) is 4.57 Å². The molecule has 0 aliphatic carbocycles. The third kappa shape index (κ3) is 20.3. The van der Waals surface area contributed by atoms with Gasteiger partial charge in [0.15, 0.2) is 0 Å². The molecule has 0 fully saturated rings. The van der Waals surface area contributed by atoms with Crippen molar-refractivity contribution >= 4 is 28.5 Å². The van der Waals surface area contributed by atoms with Crippen LogP contribution in [-0.4, -0.2) is 18.1 Å². The van der Waals surface area contributed by atoms with E-state index in [-0.39, 0.29) is 0 Å². The van der Waals surface area contributed by atoms with Crippen LogP contribution in [0.15, 0.2) is 0 Å². The van der Waals surface area contributed by atoms with Gasteiger partial charge in [-0.05, 0) is 37.0 Å². The van der Waals surface area contributed by atoms with Crippen LogP contribution >= 0.6 is 28.5 Å². The van der Waals surface area contributed by atoms with Crippen molar-refractivity contribution in [2.24, 2.45) is 17.8 Å². The summed E-state index contributed by atoms with van der Waals surface area (Å²) >= 11 is 3.28. The van der Waals surface area contributed by atoms with Crippen LogP contribution in [0.3, 0.4) is 0 Å². The molecule has 0 bridgehead atoms. The monoisotopic (exact) mass is 508 g/mol. The van der Waals surface area contributed by atoms with Gasteiger partial charge in [-0.15, -0.1) is 0 Å². The number of hydrogen-bond donors (Lipinski definition) is 0. The van der Waals surface area contributed by atoms with Crippen molar-refractivity contribution in [2.45, 2.75) is 138 Å². The molecule has 32 heavy (non-hydrogen) atoms. The van der Waals surface area contributed by atoms with Crippen LogP contribution in [0.5, 0.6) is 0 Å². The Bertz CT molecular complexity index is 386. The third-order valence-corrected chi connectivity index (χ3v) is 14.1. The molecule has 0 aromatic heterocycles. The van der Waals surface area contributed by atoms with E-state index >= 15 is 0 Å². The molecule has 0 aromatic carbocycles. The van der Waals surface area contributed by atoms with Gasteiger partial charge < -0.3 is 4.52 Å². The highest BCUT2D eigenvalue weighted by Crippen LogP contribution is 2.70.